The van der Waals surface area contributed by atoms with Gasteiger partial charge in [-0.15, -0.1) is 0 Å². The molecule has 1 N–H and O–H groups in total. The molecule has 8 heteroatoms. The first-order valence-corrected chi connectivity index (χ1v) is 11.8. The molecule has 1 aromatic carbocycles. The van der Waals surface area contributed by atoms with Crippen molar-refractivity contribution >= 4 is 17.8 Å². The molecule has 2 amide bonds. The lowest BCUT2D eigenvalue weighted by Crippen LogP contribution is -2.57. The molecule has 1 unspecified atom stereocenters. The van der Waals surface area contributed by atoms with Gasteiger partial charge < -0.3 is 20.0 Å². The molecule has 2 heterocycles. The van der Waals surface area contributed by atoms with Crippen molar-refractivity contribution in [1.29, 1.82) is 0 Å². The van der Waals surface area contributed by atoms with Gasteiger partial charge in [0, 0.05) is 65.5 Å². The summed E-state index contributed by atoms with van der Waals surface area (Å²) < 4.78 is 0. The SMILES string of the molecule is CCNC(=NCc1ccc(C(=O)N(C)C)cc1)N1CCN(C(C)C(=O)N2CCCC2)CC1. The zero-order valence-electron chi connectivity index (χ0n) is 20.0. The maximum atomic E-state index is 12.7. The highest BCUT2D eigenvalue weighted by Crippen LogP contribution is 2.14. The van der Waals surface area contributed by atoms with E-state index in [4.69, 9.17) is 4.99 Å². The molecule has 8 nitrogen and oxygen atoms in total. The largest absolute Gasteiger partial charge is 0.357 e. The number of amides is 2. The Morgan fingerprint density at radius 2 is 1.62 bits per heavy atom. The first-order valence-electron chi connectivity index (χ1n) is 11.8. The normalized spacial score (nSPS) is 18.6. The number of aliphatic imine (C=N–C) groups is 1. The highest BCUT2D eigenvalue weighted by molar-refractivity contribution is 5.93. The molecule has 2 aliphatic heterocycles. The van der Waals surface area contributed by atoms with Crippen molar-refractivity contribution in [2.24, 2.45) is 4.99 Å². The lowest BCUT2D eigenvalue weighted by atomic mass is 10.1. The number of nitrogens with one attached hydrogen (secondary N) is 1. The lowest BCUT2D eigenvalue weighted by molar-refractivity contribution is -0.135. The molecule has 0 aromatic heterocycles. The maximum Gasteiger partial charge on any atom is 0.253 e. The van der Waals surface area contributed by atoms with Gasteiger partial charge in [0.25, 0.3) is 5.91 Å². The second-order valence-electron chi connectivity index (χ2n) is 8.80. The predicted molar refractivity (Wildman–Crippen MR) is 128 cm³/mol. The van der Waals surface area contributed by atoms with Crippen LogP contribution >= 0.6 is 0 Å². The zero-order chi connectivity index (χ0) is 23.1. The van der Waals surface area contributed by atoms with Gasteiger partial charge in [0.1, 0.15) is 0 Å². The molecule has 1 aromatic rings. The number of piperazine rings is 1. The van der Waals surface area contributed by atoms with Crippen LogP contribution in [0.4, 0.5) is 0 Å². The number of rotatable bonds is 6. The van der Waals surface area contributed by atoms with E-state index in [1.165, 1.54) is 0 Å². The first-order chi connectivity index (χ1) is 15.4. The summed E-state index contributed by atoms with van der Waals surface area (Å²) in [5.41, 5.74) is 1.75. The second-order valence-corrected chi connectivity index (χ2v) is 8.80. The van der Waals surface area contributed by atoms with Crippen LogP contribution < -0.4 is 5.32 Å². The van der Waals surface area contributed by atoms with Gasteiger partial charge in [0.2, 0.25) is 5.91 Å². The van der Waals surface area contributed by atoms with Gasteiger partial charge in [-0.2, -0.15) is 0 Å². The molecule has 32 heavy (non-hydrogen) atoms. The Kier molecular flexibility index (Phi) is 8.50. The van der Waals surface area contributed by atoms with Gasteiger partial charge in [-0.25, -0.2) is 4.99 Å². The van der Waals surface area contributed by atoms with Crippen LogP contribution in [0.5, 0.6) is 0 Å². The number of hydrogen-bond acceptors (Lipinski definition) is 4. The van der Waals surface area contributed by atoms with Gasteiger partial charge in [-0.1, -0.05) is 12.1 Å². The number of carbonyl (C=O) groups excluding carboxylic acids is 2. The number of hydrogen-bond donors (Lipinski definition) is 1. The third kappa shape index (κ3) is 6.00. The molecular formula is C24H38N6O2. The van der Waals surface area contributed by atoms with E-state index in [1.807, 2.05) is 36.1 Å². The molecule has 2 fully saturated rings. The molecule has 2 saturated heterocycles. The minimum atomic E-state index is -0.0573. The standard InChI is InChI=1S/C24H38N6O2/c1-5-25-24(26-18-20-8-10-21(11-9-20)23(32)27(3)4)30-16-14-28(15-17-30)19(2)22(31)29-12-6-7-13-29/h8-11,19H,5-7,12-18H2,1-4H3,(H,25,26). The van der Waals surface area contributed by atoms with Crippen molar-refractivity contribution < 1.29 is 9.59 Å². The smallest absolute Gasteiger partial charge is 0.253 e. The molecule has 0 saturated carbocycles. The average Bonchev–Trinajstić information content (AvgIpc) is 3.36. The van der Waals surface area contributed by atoms with Gasteiger partial charge in [0.15, 0.2) is 5.96 Å². The van der Waals surface area contributed by atoms with Crippen molar-refractivity contribution in [2.45, 2.75) is 39.3 Å². The molecular weight excluding hydrogens is 404 g/mol. The van der Waals surface area contributed by atoms with E-state index in [2.05, 4.69) is 22.0 Å². The van der Waals surface area contributed by atoms with Crippen LogP contribution in [-0.2, 0) is 11.3 Å². The summed E-state index contributed by atoms with van der Waals surface area (Å²) in [4.78, 5) is 37.8. The Morgan fingerprint density at radius 3 is 2.19 bits per heavy atom. The number of guanidine groups is 1. The zero-order valence-corrected chi connectivity index (χ0v) is 20.0. The Balaban J connectivity index is 1.56. The van der Waals surface area contributed by atoms with Crippen molar-refractivity contribution in [3.63, 3.8) is 0 Å². The summed E-state index contributed by atoms with van der Waals surface area (Å²) in [5.74, 6) is 1.18. The Morgan fingerprint density at radius 1 is 1.00 bits per heavy atom. The van der Waals surface area contributed by atoms with E-state index in [9.17, 15) is 9.59 Å². The fraction of sp³-hybridized carbons (Fsp3) is 0.625. The summed E-state index contributed by atoms with van der Waals surface area (Å²) in [7, 11) is 3.51. The molecule has 1 atom stereocenters. The molecule has 0 aliphatic carbocycles. The summed E-state index contributed by atoms with van der Waals surface area (Å²) in [6, 6.07) is 7.59. The van der Waals surface area contributed by atoms with Crippen LogP contribution in [0.25, 0.3) is 0 Å². The van der Waals surface area contributed by atoms with E-state index in [-0.39, 0.29) is 17.9 Å². The Bertz CT molecular complexity index is 793. The summed E-state index contributed by atoms with van der Waals surface area (Å²) in [6.07, 6.45) is 2.26. The van der Waals surface area contributed by atoms with Crippen LogP contribution in [0.15, 0.2) is 29.3 Å². The van der Waals surface area contributed by atoms with Gasteiger partial charge in [-0.3, -0.25) is 14.5 Å². The van der Waals surface area contributed by atoms with Crippen LogP contribution in [-0.4, -0.2) is 103 Å². The summed E-state index contributed by atoms with van der Waals surface area (Å²) in [6.45, 7) is 10.7. The molecule has 2 aliphatic rings. The summed E-state index contributed by atoms with van der Waals surface area (Å²) >= 11 is 0. The number of carbonyl (C=O) groups is 2. The average molecular weight is 443 g/mol. The molecule has 3 rings (SSSR count). The first kappa shape index (κ1) is 24.0. The van der Waals surface area contributed by atoms with Gasteiger partial charge in [-0.05, 0) is 44.4 Å². The van der Waals surface area contributed by atoms with E-state index in [1.54, 1.807) is 19.0 Å². The second kappa shape index (κ2) is 11.3. The van der Waals surface area contributed by atoms with Gasteiger partial charge >= 0.3 is 0 Å². The van der Waals surface area contributed by atoms with Crippen LogP contribution in [0.3, 0.4) is 0 Å². The van der Waals surface area contributed by atoms with Crippen molar-refractivity contribution in [3.05, 3.63) is 35.4 Å². The summed E-state index contributed by atoms with van der Waals surface area (Å²) in [5, 5.41) is 3.40. The van der Waals surface area contributed by atoms with E-state index in [0.29, 0.717) is 12.1 Å². The fourth-order valence-electron chi connectivity index (χ4n) is 4.28. The number of benzene rings is 1. The van der Waals surface area contributed by atoms with E-state index < -0.39 is 0 Å². The topological polar surface area (TPSA) is 71.5 Å². The van der Waals surface area contributed by atoms with Gasteiger partial charge in [0.05, 0.1) is 12.6 Å². The van der Waals surface area contributed by atoms with Crippen molar-refractivity contribution in [2.75, 3.05) is 59.9 Å². The third-order valence-corrected chi connectivity index (χ3v) is 6.29. The highest BCUT2D eigenvalue weighted by atomic mass is 16.2. The third-order valence-electron chi connectivity index (χ3n) is 6.29. The number of nitrogens with zero attached hydrogens (tertiary/aromatic N) is 5. The molecule has 176 valence electrons. The lowest BCUT2D eigenvalue weighted by Gasteiger charge is -2.39. The highest BCUT2D eigenvalue weighted by Gasteiger charge is 2.30. The van der Waals surface area contributed by atoms with Crippen molar-refractivity contribution in [1.82, 2.24) is 24.9 Å². The van der Waals surface area contributed by atoms with E-state index in [0.717, 1.165) is 70.2 Å². The maximum absolute atomic E-state index is 12.7. The minimum absolute atomic E-state index is 0.00343. The predicted octanol–water partition coefficient (Wildman–Crippen LogP) is 1.48. The van der Waals surface area contributed by atoms with E-state index >= 15 is 0 Å². The van der Waals surface area contributed by atoms with Crippen LogP contribution in [0, 0.1) is 0 Å². The van der Waals surface area contributed by atoms with Crippen LogP contribution in [0.2, 0.25) is 0 Å². The Hall–Kier alpha value is -2.61. The molecule has 0 radical (unpaired) electrons. The fourth-order valence-corrected chi connectivity index (χ4v) is 4.28. The molecule has 0 spiro atoms. The Labute approximate surface area is 192 Å². The molecule has 0 bridgehead atoms. The van der Waals surface area contributed by atoms with Crippen molar-refractivity contribution in [3.8, 4) is 0 Å². The van der Waals surface area contributed by atoms with Crippen LogP contribution in [0.1, 0.15) is 42.6 Å². The quantitative estimate of drug-likeness (QED) is 0.534. The minimum Gasteiger partial charge on any atom is -0.357 e. The monoisotopic (exact) mass is 442 g/mol. The number of likely N-dealkylation sites (tertiary alicyclic amines) is 1.